The van der Waals surface area contributed by atoms with Gasteiger partial charge >= 0.3 is 0 Å². The number of aromatic nitrogens is 1. The van der Waals surface area contributed by atoms with Crippen molar-refractivity contribution in [2.24, 2.45) is 0 Å². The Bertz CT molecular complexity index is 361. The van der Waals surface area contributed by atoms with Crippen LogP contribution in [-0.2, 0) is 0 Å². The maximum Gasteiger partial charge on any atom is 0.140 e. The molecule has 0 radical (unpaired) electrons. The summed E-state index contributed by atoms with van der Waals surface area (Å²) in [6, 6.07) is 3.94. The number of anilines is 1. The normalized spacial score (nSPS) is 18.2. The van der Waals surface area contributed by atoms with Crippen LogP contribution in [0.5, 0.6) is 0 Å². The van der Waals surface area contributed by atoms with Crippen molar-refractivity contribution in [1.29, 1.82) is 0 Å². The molecule has 1 aliphatic rings. The van der Waals surface area contributed by atoms with Gasteiger partial charge in [0.1, 0.15) is 5.82 Å². The molecular weight excluding hydrogens is 266 g/mol. The zero-order valence-corrected chi connectivity index (χ0v) is 11.4. The van der Waals surface area contributed by atoms with E-state index in [1.165, 1.54) is 19.3 Å². The van der Waals surface area contributed by atoms with Crippen molar-refractivity contribution in [2.75, 3.05) is 26.0 Å². The minimum atomic E-state index is 0.330. The predicted octanol–water partition coefficient (Wildman–Crippen LogP) is 2.74. The number of nitrogens with zero attached hydrogens (tertiary/aromatic N) is 2. The van der Waals surface area contributed by atoms with Gasteiger partial charge < -0.3 is 10.2 Å². The molecule has 0 aliphatic heterocycles. The Morgan fingerprint density at radius 3 is 2.75 bits per heavy atom. The topological polar surface area (TPSA) is 28.2 Å². The van der Waals surface area contributed by atoms with Crippen molar-refractivity contribution in [2.45, 2.75) is 24.8 Å². The molecule has 1 N–H and O–H groups in total. The smallest absolute Gasteiger partial charge is 0.140 e. The van der Waals surface area contributed by atoms with E-state index in [0.29, 0.717) is 5.54 Å². The number of likely N-dealkylation sites (N-methyl/N-ethyl adjacent to an activating group) is 1. The van der Waals surface area contributed by atoms with Crippen LogP contribution in [0.1, 0.15) is 19.3 Å². The Kier molecular flexibility index (Phi) is 3.50. The van der Waals surface area contributed by atoms with Crippen molar-refractivity contribution >= 4 is 21.7 Å². The fourth-order valence-corrected chi connectivity index (χ4v) is 2.53. The summed E-state index contributed by atoms with van der Waals surface area (Å²) in [5.41, 5.74) is 0.330. The third-order valence-electron chi connectivity index (χ3n) is 3.58. The van der Waals surface area contributed by atoms with E-state index in [0.717, 1.165) is 16.8 Å². The molecule has 0 aromatic carbocycles. The van der Waals surface area contributed by atoms with E-state index in [9.17, 15) is 0 Å². The molecule has 4 heteroatoms. The van der Waals surface area contributed by atoms with Gasteiger partial charge in [-0.2, -0.15) is 0 Å². The molecule has 1 aliphatic carbocycles. The van der Waals surface area contributed by atoms with Gasteiger partial charge in [0.2, 0.25) is 0 Å². The van der Waals surface area contributed by atoms with E-state index in [2.05, 4.69) is 45.2 Å². The van der Waals surface area contributed by atoms with Crippen molar-refractivity contribution < 1.29 is 0 Å². The van der Waals surface area contributed by atoms with E-state index in [4.69, 9.17) is 0 Å². The zero-order valence-electron chi connectivity index (χ0n) is 9.83. The van der Waals surface area contributed by atoms with Crippen molar-refractivity contribution in [1.82, 2.24) is 9.88 Å². The van der Waals surface area contributed by atoms with E-state index in [1.54, 1.807) is 0 Å². The summed E-state index contributed by atoms with van der Waals surface area (Å²) in [6.45, 7) is 0.968. The summed E-state index contributed by atoms with van der Waals surface area (Å²) in [5.74, 6) is 0.940. The van der Waals surface area contributed by atoms with E-state index in [1.807, 2.05) is 18.3 Å². The quantitative estimate of drug-likeness (QED) is 0.921. The third kappa shape index (κ3) is 2.23. The minimum absolute atomic E-state index is 0.330. The summed E-state index contributed by atoms with van der Waals surface area (Å²) < 4.78 is 1.03. The first-order valence-electron chi connectivity index (χ1n) is 5.66. The Labute approximate surface area is 105 Å². The average Bonchev–Trinajstić information content (AvgIpc) is 2.18. The molecule has 1 saturated carbocycles. The lowest BCUT2D eigenvalue weighted by atomic mass is 9.75. The molecule has 0 spiro atoms. The second-order valence-corrected chi connectivity index (χ2v) is 5.51. The number of hydrogen-bond acceptors (Lipinski definition) is 3. The largest absolute Gasteiger partial charge is 0.367 e. The molecule has 1 aromatic rings. The van der Waals surface area contributed by atoms with Crippen LogP contribution in [-0.4, -0.2) is 36.1 Å². The van der Waals surface area contributed by atoms with Crippen molar-refractivity contribution in [3.63, 3.8) is 0 Å². The van der Waals surface area contributed by atoms with E-state index in [-0.39, 0.29) is 0 Å². The van der Waals surface area contributed by atoms with E-state index < -0.39 is 0 Å². The van der Waals surface area contributed by atoms with E-state index >= 15 is 0 Å². The maximum atomic E-state index is 4.32. The molecule has 0 unspecified atom stereocenters. The fraction of sp³-hybridized carbons (Fsp3) is 0.583. The zero-order chi connectivity index (χ0) is 11.6. The summed E-state index contributed by atoms with van der Waals surface area (Å²) in [7, 11) is 4.32. The number of nitrogens with one attached hydrogen (secondary N) is 1. The van der Waals surface area contributed by atoms with Gasteiger partial charge in [0.15, 0.2) is 0 Å². The maximum absolute atomic E-state index is 4.32. The third-order valence-corrected chi connectivity index (χ3v) is 4.22. The standard InChI is InChI=1S/C12H18BrN3/c1-16(2)12(6-4-7-12)9-15-11-10(13)5-3-8-14-11/h3,5,8H,4,6-7,9H2,1-2H3,(H,14,15). The first kappa shape index (κ1) is 11.9. The molecule has 0 bridgehead atoms. The van der Waals surface area contributed by atoms with Crippen LogP contribution in [0.4, 0.5) is 5.82 Å². The van der Waals surface area contributed by atoms with Crippen LogP contribution >= 0.6 is 15.9 Å². The lowest BCUT2D eigenvalue weighted by Crippen LogP contribution is -2.54. The summed E-state index contributed by atoms with van der Waals surface area (Å²) >= 11 is 3.50. The molecular formula is C12H18BrN3. The van der Waals surface area contributed by atoms with Gasteiger partial charge in [0, 0.05) is 18.3 Å². The predicted molar refractivity (Wildman–Crippen MR) is 70.7 cm³/mol. The minimum Gasteiger partial charge on any atom is -0.367 e. The fourth-order valence-electron chi connectivity index (χ4n) is 2.13. The number of rotatable bonds is 4. The number of hydrogen-bond donors (Lipinski definition) is 1. The molecule has 88 valence electrons. The number of pyridine rings is 1. The molecule has 2 rings (SSSR count). The van der Waals surface area contributed by atoms with Crippen LogP contribution in [0.2, 0.25) is 0 Å². The van der Waals surface area contributed by atoms with Gasteiger partial charge in [-0.25, -0.2) is 4.98 Å². The van der Waals surface area contributed by atoms with Crippen LogP contribution in [0.15, 0.2) is 22.8 Å². The first-order valence-corrected chi connectivity index (χ1v) is 6.45. The summed E-state index contributed by atoms with van der Waals surface area (Å²) in [6.07, 6.45) is 5.70. The molecule has 0 atom stereocenters. The highest BCUT2D eigenvalue weighted by atomic mass is 79.9. The summed E-state index contributed by atoms with van der Waals surface area (Å²) in [5, 5.41) is 3.44. The van der Waals surface area contributed by atoms with Gasteiger partial charge in [-0.15, -0.1) is 0 Å². The second-order valence-electron chi connectivity index (χ2n) is 4.66. The lowest BCUT2D eigenvalue weighted by Gasteiger charge is -2.47. The van der Waals surface area contributed by atoms with Gasteiger partial charge in [-0.3, -0.25) is 0 Å². The van der Waals surface area contributed by atoms with Crippen LogP contribution in [0.3, 0.4) is 0 Å². The molecule has 16 heavy (non-hydrogen) atoms. The Morgan fingerprint density at radius 1 is 1.50 bits per heavy atom. The first-order chi connectivity index (χ1) is 7.64. The van der Waals surface area contributed by atoms with Gasteiger partial charge in [-0.05, 0) is 61.4 Å². The van der Waals surface area contributed by atoms with Crippen LogP contribution in [0.25, 0.3) is 0 Å². The van der Waals surface area contributed by atoms with Crippen LogP contribution in [0, 0.1) is 0 Å². The highest BCUT2D eigenvalue weighted by Gasteiger charge is 2.38. The molecule has 1 fully saturated rings. The monoisotopic (exact) mass is 283 g/mol. The van der Waals surface area contributed by atoms with Crippen LogP contribution < -0.4 is 5.32 Å². The SMILES string of the molecule is CN(C)C1(CNc2ncccc2Br)CCC1. The van der Waals surface area contributed by atoms with Gasteiger partial charge in [0.05, 0.1) is 4.47 Å². The molecule has 0 saturated heterocycles. The molecule has 1 aromatic heterocycles. The molecule has 0 amide bonds. The average molecular weight is 284 g/mol. The summed E-state index contributed by atoms with van der Waals surface area (Å²) in [4.78, 5) is 6.66. The lowest BCUT2D eigenvalue weighted by molar-refractivity contribution is 0.0738. The number of halogens is 1. The highest BCUT2D eigenvalue weighted by molar-refractivity contribution is 9.10. The second kappa shape index (κ2) is 4.72. The Balaban J connectivity index is 1.99. The Morgan fingerprint density at radius 2 is 2.25 bits per heavy atom. The van der Waals surface area contributed by atoms with Crippen molar-refractivity contribution in [3.8, 4) is 0 Å². The Hall–Kier alpha value is -0.610. The highest BCUT2D eigenvalue weighted by Crippen LogP contribution is 2.36. The molecule has 3 nitrogen and oxygen atoms in total. The van der Waals surface area contributed by atoms with Gasteiger partial charge in [-0.1, -0.05) is 0 Å². The van der Waals surface area contributed by atoms with Crippen molar-refractivity contribution in [3.05, 3.63) is 22.8 Å². The van der Waals surface area contributed by atoms with Gasteiger partial charge in [0.25, 0.3) is 0 Å². The molecule has 1 heterocycles.